The van der Waals surface area contributed by atoms with Crippen LogP contribution in [0.2, 0.25) is 0 Å². The molecular weight excluding hydrogens is 232 g/mol. The van der Waals surface area contributed by atoms with Crippen LogP contribution in [0.25, 0.3) is 11.2 Å². The fraction of sp³-hybridized carbons (Fsp3) is 0.0909. The van der Waals surface area contributed by atoms with Gasteiger partial charge < -0.3 is 15.7 Å². The molecular formula is C11H10N6O. The smallest absolute Gasteiger partial charge is 0.278 e. The van der Waals surface area contributed by atoms with E-state index < -0.39 is 0 Å². The van der Waals surface area contributed by atoms with Gasteiger partial charge in [-0.05, 0) is 6.08 Å². The van der Waals surface area contributed by atoms with Crippen molar-refractivity contribution >= 4 is 22.8 Å². The van der Waals surface area contributed by atoms with E-state index in [0.29, 0.717) is 11.2 Å². The topological polar surface area (TPSA) is 113 Å². The second-order valence-corrected chi connectivity index (χ2v) is 3.92. The van der Waals surface area contributed by atoms with Crippen LogP contribution in [0.4, 0.5) is 5.95 Å². The molecule has 0 saturated carbocycles. The Morgan fingerprint density at radius 1 is 1.44 bits per heavy atom. The van der Waals surface area contributed by atoms with E-state index in [2.05, 4.69) is 15.0 Å². The zero-order valence-corrected chi connectivity index (χ0v) is 9.29. The number of anilines is 1. The first-order valence-electron chi connectivity index (χ1n) is 5.32. The maximum atomic E-state index is 11.9. The monoisotopic (exact) mass is 242 g/mol. The lowest BCUT2D eigenvalue weighted by molar-refractivity contribution is 0.772. The molecule has 0 unspecified atom stereocenters. The zero-order chi connectivity index (χ0) is 12.7. The summed E-state index contributed by atoms with van der Waals surface area (Å²) in [5.74, 6) is 0.0342. The van der Waals surface area contributed by atoms with Gasteiger partial charge in [0.25, 0.3) is 5.56 Å². The molecule has 2 aromatic heterocycles. The number of fused-ring (bicyclic) bond motifs is 1. The van der Waals surface area contributed by atoms with Crippen molar-refractivity contribution in [2.24, 2.45) is 0 Å². The van der Waals surface area contributed by atoms with Crippen LogP contribution in [0.3, 0.4) is 0 Å². The predicted octanol–water partition coefficient (Wildman–Crippen LogP) is 0.389. The van der Waals surface area contributed by atoms with Gasteiger partial charge in [0.1, 0.15) is 0 Å². The summed E-state index contributed by atoms with van der Waals surface area (Å²) in [6.07, 6.45) is 8.59. The number of aromatic nitrogens is 4. The van der Waals surface area contributed by atoms with E-state index in [9.17, 15) is 4.79 Å². The molecule has 7 nitrogen and oxygen atoms in total. The number of imidazole rings is 1. The minimum Gasteiger partial charge on any atom is -0.369 e. The van der Waals surface area contributed by atoms with Gasteiger partial charge in [0.15, 0.2) is 11.2 Å². The summed E-state index contributed by atoms with van der Waals surface area (Å²) in [5.41, 5.74) is 6.09. The largest absolute Gasteiger partial charge is 0.369 e. The van der Waals surface area contributed by atoms with E-state index in [1.807, 2.05) is 12.2 Å². The van der Waals surface area contributed by atoms with Crippen molar-refractivity contribution in [2.75, 3.05) is 5.73 Å². The Hall–Kier alpha value is -2.70. The molecule has 1 aliphatic rings. The van der Waals surface area contributed by atoms with Crippen LogP contribution in [-0.4, -0.2) is 25.2 Å². The van der Waals surface area contributed by atoms with Crippen molar-refractivity contribution in [2.45, 2.75) is 6.04 Å². The van der Waals surface area contributed by atoms with Gasteiger partial charge in [0.05, 0.1) is 18.1 Å². The minimum atomic E-state index is -0.356. The molecule has 90 valence electrons. The number of rotatable bonds is 1. The number of aromatic amines is 1. The standard InChI is InChI=1S/C11H10N6O/c12-6-3-1-2-4-7(6)17-5-14-9-8(17)10(18)16-11(13)15-9/h1-5,7,12H,(H3,13,15,16,18)/t7-/m0/s1. The van der Waals surface area contributed by atoms with Crippen molar-refractivity contribution in [1.82, 2.24) is 19.5 Å². The molecule has 3 rings (SSSR count). The number of hydrogen-bond acceptors (Lipinski definition) is 5. The lowest BCUT2D eigenvalue weighted by atomic mass is 10.1. The average molecular weight is 242 g/mol. The van der Waals surface area contributed by atoms with Gasteiger partial charge >= 0.3 is 0 Å². The van der Waals surface area contributed by atoms with Gasteiger partial charge in [0, 0.05) is 0 Å². The Balaban J connectivity index is 2.25. The lowest BCUT2D eigenvalue weighted by Crippen LogP contribution is -2.20. The van der Waals surface area contributed by atoms with Gasteiger partial charge in [-0.1, -0.05) is 18.2 Å². The number of H-pyrrole nitrogens is 1. The first-order chi connectivity index (χ1) is 8.66. The number of nitrogen functional groups attached to an aromatic ring is 1. The fourth-order valence-electron chi connectivity index (χ4n) is 1.95. The molecule has 4 N–H and O–H groups in total. The van der Waals surface area contributed by atoms with Crippen molar-refractivity contribution < 1.29 is 0 Å². The molecule has 0 fully saturated rings. The summed E-state index contributed by atoms with van der Waals surface area (Å²) in [5, 5.41) is 7.87. The van der Waals surface area contributed by atoms with Crippen LogP contribution in [0.1, 0.15) is 6.04 Å². The van der Waals surface area contributed by atoms with E-state index in [-0.39, 0.29) is 23.2 Å². The van der Waals surface area contributed by atoms with Crippen LogP contribution in [-0.2, 0) is 0 Å². The SMILES string of the molecule is N=C1C=CC=C[C@@H]1n1cnc2nc(N)[nH]c(=O)c21. The van der Waals surface area contributed by atoms with Gasteiger partial charge in [-0.3, -0.25) is 9.78 Å². The molecule has 0 bridgehead atoms. The third kappa shape index (κ3) is 1.45. The van der Waals surface area contributed by atoms with E-state index in [0.717, 1.165) is 0 Å². The van der Waals surface area contributed by atoms with Crippen molar-refractivity contribution in [3.8, 4) is 0 Å². The molecule has 0 spiro atoms. The van der Waals surface area contributed by atoms with Crippen LogP contribution >= 0.6 is 0 Å². The molecule has 0 aromatic carbocycles. The maximum absolute atomic E-state index is 11.9. The second kappa shape index (κ2) is 3.66. The third-order valence-corrected chi connectivity index (χ3v) is 2.76. The Morgan fingerprint density at radius 3 is 3.06 bits per heavy atom. The van der Waals surface area contributed by atoms with Gasteiger partial charge in [0.2, 0.25) is 5.95 Å². The predicted molar refractivity (Wildman–Crippen MR) is 67.6 cm³/mol. The number of nitrogens with zero attached hydrogens (tertiary/aromatic N) is 3. The van der Waals surface area contributed by atoms with Crippen LogP contribution < -0.4 is 11.3 Å². The van der Waals surface area contributed by atoms with Gasteiger partial charge in [-0.25, -0.2) is 4.98 Å². The lowest BCUT2D eigenvalue weighted by Gasteiger charge is -2.16. The first-order valence-corrected chi connectivity index (χ1v) is 5.32. The van der Waals surface area contributed by atoms with Crippen LogP contribution in [0.15, 0.2) is 35.4 Å². The van der Waals surface area contributed by atoms with Gasteiger partial charge in [-0.15, -0.1) is 0 Å². The van der Waals surface area contributed by atoms with Crippen molar-refractivity contribution in [3.63, 3.8) is 0 Å². The Kier molecular flexibility index (Phi) is 2.12. The molecule has 18 heavy (non-hydrogen) atoms. The molecule has 1 aliphatic carbocycles. The third-order valence-electron chi connectivity index (χ3n) is 2.76. The summed E-state index contributed by atoms with van der Waals surface area (Å²) >= 11 is 0. The van der Waals surface area contributed by atoms with Crippen molar-refractivity contribution in [1.29, 1.82) is 5.41 Å². The molecule has 7 heteroatoms. The van der Waals surface area contributed by atoms with E-state index in [1.165, 1.54) is 6.33 Å². The first kappa shape index (κ1) is 10.5. The van der Waals surface area contributed by atoms with E-state index in [4.69, 9.17) is 11.1 Å². The number of nitrogens with two attached hydrogens (primary N) is 1. The Labute approximate surface area is 101 Å². The molecule has 2 heterocycles. The number of hydrogen-bond donors (Lipinski definition) is 3. The average Bonchev–Trinajstić information content (AvgIpc) is 2.73. The molecule has 2 aromatic rings. The highest BCUT2D eigenvalue weighted by atomic mass is 16.1. The number of allylic oxidation sites excluding steroid dienone is 4. The molecule has 0 aliphatic heterocycles. The van der Waals surface area contributed by atoms with E-state index in [1.54, 1.807) is 16.7 Å². The fourth-order valence-corrected chi connectivity index (χ4v) is 1.95. The van der Waals surface area contributed by atoms with Crippen LogP contribution in [0.5, 0.6) is 0 Å². The minimum absolute atomic E-state index is 0.0342. The molecule has 0 saturated heterocycles. The van der Waals surface area contributed by atoms with Crippen LogP contribution in [0, 0.1) is 5.41 Å². The summed E-state index contributed by atoms with van der Waals surface area (Å²) in [4.78, 5) is 22.3. The summed E-state index contributed by atoms with van der Waals surface area (Å²) < 4.78 is 1.61. The molecule has 0 radical (unpaired) electrons. The normalized spacial score (nSPS) is 18.7. The zero-order valence-electron chi connectivity index (χ0n) is 9.29. The molecule has 1 atom stereocenters. The highest BCUT2D eigenvalue weighted by molar-refractivity contribution is 5.98. The van der Waals surface area contributed by atoms with E-state index >= 15 is 0 Å². The highest BCUT2D eigenvalue weighted by Gasteiger charge is 2.18. The summed E-state index contributed by atoms with van der Waals surface area (Å²) in [6.45, 7) is 0. The van der Waals surface area contributed by atoms with Gasteiger partial charge in [-0.2, -0.15) is 4.98 Å². The summed E-state index contributed by atoms with van der Waals surface area (Å²) in [7, 11) is 0. The summed E-state index contributed by atoms with van der Waals surface area (Å²) in [6, 6.07) is -0.341. The quantitative estimate of drug-likeness (QED) is 0.671. The Morgan fingerprint density at radius 2 is 2.28 bits per heavy atom. The highest BCUT2D eigenvalue weighted by Crippen LogP contribution is 2.18. The van der Waals surface area contributed by atoms with Crippen molar-refractivity contribution in [3.05, 3.63) is 41.0 Å². The molecule has 0 amide bonds. The Bertz CT molecular complexity index is 750. The number of nitrogens with one attached hydrogen (secondary N) is 2. The second-order valence-electron chi connectivity index (χ2n) is 3.92. The maximum Gasteiger partial charge on any atom is 0.278 e.